The van der Waals surface area contributed by atoms with E-state index in [1.165, 1.54) is 11.1 Å². The number of hydrogen-bond acceptors (Lipinski definition) is 5. The van der Waals surface area contributed by atoms with Crippen LogP contribution in [0.15, 0.2) is 47.5 Å². The molecule has 0 bridgehead atoms. The summed E-state index contributed by atoms with van der Waals surface area (Å²) in [5.41, 5.74) is 3.91. The normalized spacial score (nSPS) is 16.4. The molecular formula is C25H35IN4O3. The first-order valence-corrected chi connectivity index (χ1v) is 11.5. The molecule has 180 valence electrons. The summed E-state index contributed by atoms with van der Waals surface area (Å²) in [6, 6.07) is 14.6. The molecule has 1 atom stereocenters. The second-order valence-electron chi connectivity index (χ2n) is 8.44. The zero-order valence-electron chi connectivity index (χ0n) is 19.5. The first kappa shape index (κ1) is 25.6. The van der Waals surface area contributed by atoms with Crippen molar-refractivity contribution in [3.05, 3.63) is 59.2 Å². The van der Waals surface area contributed by atoms with Gasteiger partial charge in [0.1, 0.15) is 13.2 Å². The van der Waals surface area contributed by atoms with E-state index in [-0.39, 0.29) is 24.0 Å². The molecule has 2 aliphatic rings. The van der Waals surface area contributed by atoms with Crippen molar-refractivity contribution in [1.29, 1.82) is 0 Å². The molecule has 2 N–H and O–H groups in total. The van der Waals surface area contributed by atoms with Crippen LogP contribution in [0, 0.1) is 0 Å². The smallest absolute Gasteiger partial charge is 0.194 e. The van der Waals surface area contributed by atoms with Crippen LogP contribution >= 0.6 is 24.0 Å². The van der Waals surface area contributed by atoms with Gasteiger partial charge in [-0.3, -0.25) is 9.89 Å². The van der Waals surface area contributed by atoms with Crippen LogP contribution in [0.2, 0.25) is 0 Å². The van der Waals surface area contributed by atoms with E-state index in [2.05, 4.69) is 52.4 Å². The molecule has 1 unspecified atom stereocenters. The molecule has 8 heteroatoms. The van der Waals surface area contributed by atoms with Gasteiger partial charge in [0.15, 0.2) is 17.5 Å². The van der Waals surface area contributed by atoms with E-state index in [1.807, 2.05) is 19.2 Å². The number of aliphatic imine (C=N–C) groups is 1. The third kappa shape index (κ3) is 6.97. The Hall–Kier alpha value is -2.04. The Kier molecular flexibility index (Phi) is 9.64. The van der Waals surface area contributed by atoms with Crippen LogP contribution in [-0.4, -0.2) is 73.4 Å². The largest absolute Gasteiger partial charge is 0.486 e. The number of nitrogens with zero attached hydrogens (tertiary/aromatic N) is 3. The van der Waals surface area contributed by atoms with Crippen LogP contribution in [0.3, 0.4) is 0 Å². The second-order valence-corrected chi connectivity index (χ2v) is 8.44. The summed E-state index contributed by atoms with van der Waals surface area (Å²) in [6.07, 6.45) is 0.532. The van der Waals surface area contributed by atoms with Crippen molar-refractivity contribution < 1.29 is 14.6 Å². The highest BCUT2D eigenvalue weighted by atomic mass is 127. The van der Waals surface area contributed by atoms with Gasteiger partial charge in [0.05, 0.1) is 12.6 Å². The Morgan fingerprint density at radius 1 is 1.15 bits per heavy atom. The zero-order valence-corrected chi connectivity index (χ0v) is 21.8. The average molecular weight is 566 g/mol. The summed E-state index contributed by atoms with van der Waals surface area (Å²) >= 11 is 0. The Morgan fingerprint density at radius 2 is 1.91 bits per heavy atom. The quantitative estimate of drug-likeness (QED) is 0.305. The van der Waals surface area contributed by atoms with E-state index in [0.717, 1.165) is 49.1 Å². The maximum atomic E-state index is 10.6. The van der Waals surface area contributed by atoms with Crippen molar-refractivity contribution in [2.24, 2.45) is 4.99 Å². The predicted octanol–water partition coefficient (Wildman–Crippen LogP) is 2.89. The zero-order chi connectivity index (χ0) is 22.3. The maximum absolute atomic E-state index is 10.6. The van der Waals surface area contributed by atoms with Gasteiger partial charge in [0.25, 0.3) is 0 Å². The molecule has 0 aromatic heterocycles. The molecule has 2 aromatic rings. The molecule has 2 aliphatic heterocycles. The van der Waals surface area contributed by atoms with Gasteiger partial charge in [-0.2, -0.15) is 0 Å². The highest BCUT2D eigenvalue weighted by Crippen LogP contribution is 2.31. The van der Waals surface area contributed by atoms with Crippen LogP contribution < -0.4 is 14.8 Å². The molecule has 33 heavy (non-hydrogen) atoms. The van der Waals surface area contributed by atoms with Crippen LogP contribution in [0.25, 0.3) is 0 Å². The molecule has 7 nitrogen and oxygen atoms in total. The number of guanidine groups is 1. The van der Waals surface area contributed by atoms with E-state index in [4.69, 9.17) is 14.5 Å². The lowest BCUT2D eigenvalue weighted by Crippen LogP contribution is -2.41. The van der Waals surface area contributed by atoms with E-state index in [9.17, 15) is 5.11 Å². The van der Waals surface area contributed by atoms with Crippen molar-refractivity contribution in [1.82, 2.24) is 15.1 Å². The second kappa shape index (κ2) is 12.4. The number of nitrogens with one attached hydrogen (secondary N) is 1. The van der Waals surface area contributed by atoms with Gasteiger partial charge in [-0.05, 0) is 42.2 Å². The summed E-state index contributed by atoms with van der Waals surface area (Å²) in [7, 11) is 2.01. The molecule has 0 amide bonds. The van der Waals surface area contributed by atoms with Crippen molar-refractivity contribution in [3.63, 3.8) is 0 Å². The minimum atomic E-state index is -0.503. The third-order valence-corrected chi connectivity index (χ3v) is 5.85. The summed E-state index contributed by atoms with van der Waals surface area (Å²) < 4.78 is 11.3. The number of halogens is 1. The Labute approximate surface area is 213 Å². The molecule has 0 saturated heterocycles. The topological polar surface area (TPSA) is 69.6 Å². The number of aliphatic hydroxyl groups is 1. The minimum Gasteiger partial charge on any atom is -0.486 e. The number of hydrogen-bond donors (Lipinski definition) is 2. The Balaban J connectivity index is 0.00000306. The number of fused-ring (bicyclic) bond motifs is 2. The molecule has 0 fully saturated rings. The van der Waals surface area contributed by atoms with E-state index in [1.54, 1.807) is 0 Å². The number of β-amino-alcohol motifs (C(OH)–C–C–N with tert-alkyl or cyclic N) is 1. The number of aliphatic hydroxyl groups excluding tert-OH is 1. The van der Waals surface area contributed by atoms with Crippen molar-refractivity contribution in [2.75, 3.05) is 46.4 Å². The van der Waals surface area contributed by atoms with Gasteiger partial charge in [-0.15, -0.1) is 24.0 Å². The van der Waals surface area contributed by atoms with Crippen molar-refractivity contribution in [2.45, 2.75) is 32.5 Å². The van der Waals surface area contributed by atoms with Crippen LogP contribution in [0.1, 0.15) is 23.6 Å². The maximum Gasteiger partial charge on any atom is 0.194 e. The lowest BCUT2D eigenvalue weighted by molar-refractivity contribution is 0.111. The van der Waals surface area contributed by atoms with Gasteiger partial charge in [0, 0.05) is 39.8 Å². The van der Waals surface area contributed by atoms with Gasteiger partial charge in [0.2, 0.25) is 0 Å². The molecule has 2 heterocycles. The number of ether oxygens (including phenoxy) is 2. The highest BCUT2D eigenvalue weighted by molar-refractivity contribution is 14.0. The minimum absolute atomic E-state index is 0. The molecule has 0 radical (unpaired) electrons. The third-order valence-electron chi connectivity index (χ3n) is 5.85. The van der Waals surface area contributed by atoms with Gasteiger partial charge < -0.3 is 24.8 Å². The summed E-state index contributed by atoms with van der Waals surface area (Å²) in [5.74, 6) is 2.37. The molecule has 4 rings (SSSR count). The predicted molar refractivity (Wildman–Crippen MR) is 142 cm³/mol. The summed E-state index contributed by atoms with van der Waals surface area (Å²) in [5, 5.41) is 14.0. The Morgan fingerprint density at radius 3 is 2.70 bits per heavy atom. The molecule has 0 spiro atoms. The van der Waals surface area contributed by atoms with E-state index >= 15 is 0 Å². The van der Waals surface area contributed by atoms with E-state index in [0.29, 0.717) is 32.8 Å². The van der Waals surface area contributed by atoms with Gasteiger partial charge >= 0.3 is 0 Å². The van der Waals surface area contributed by atoms with Gasteiger partial charge in [-0.25, -0.2) is 0 Å². The average Bonchev–Trinajstić information content (AvgIpc) is 2.81. The highest BCUT2D eigenvalue weighted by Gasteiger charge is 2.19. The Bertz CT molecular complexity index is 940. The van der Waals surface area contributed by atoms with Crippen LogP contribution in [-0.2, 0) is 19.5 Å². The molecule has 2 aromatic carbocycles. The first-order chi connectivity index (χ1) is 15.6. The molecular weight excluding hydrogens is 531 g/mol. The fraction of sp³-hybridized carbons (Fsp3) is 0.480. The fourth-order valence-corrected chi connectivity index (χ4v) is 4.26. The molecule has 0 saturated carbocycles. The van der Waals surface area contributed by atoms with E-state index < -0.39 is 6.10 Å². The van der Waals surface area contributed by atoms with Crippen LogP contribution in [0.4, 0.5) is 0 Å². The summed E-state index contributed by atoms with van der Waals surface area (Å²) in [6.45, 7) is 7.53. The SMILES string of the molecule is CCNC(=NCC(O)CN1CCc2ccccc2C1)N(C)Cc1ccc2c(c1)OCCO2.I. The van der Waals surface area contributed by atoms with Gasteiger partial charge in [-0.1, -0.05) is 30.3 Å². The monoisotopic (exact) mass is 566 g/mol. The standard InChI is InChI=1S/C25H34N4O3.HI/c1-3-26-25(28(2)16-19-8-9-23-24(14-19)32-13-12-31-23)27-15-22(30)18-29-11-10-20-6-4-5-7-21(20)17-29;/h4-9,14,22,30H,3,10-13,15-18H2,1-2H3,(H,26,27);1H. The van der Waals surface area contributed by atoms with Crippen LogP contribution in [0.5, 0.6) is 11.5 Å². The fourth-order valence-electron chi connectivity index (χ4n) is 4.26. The number of rotatable bonds is 7. The lowest BCUT2D eigenvalue weighted by Gasteiger charge is -2.30. The van der Waals surface area contributed by atoms with Crippen molar-refractivity contribution in [3.8, 4) is 11.5 Å². The number of benzene rings is 2. The van der Waals surface area contributed by atoms with Crippen molar-refractivity contribution >= 4 is 29.9 Å². The molecule has 0 aliphatic carbocycles. The first-order valence-electron chi connectivity index (χ1n) is 11.5. The summed E-state index contributed by atoms with van der Waals surface area (Å²) in [4.78, 5) is 9.09. The lowest BCUT2D eigenvalue weighted by atomic mass is 10.00.